The van der Waals surface area contributed by atoms with Crippen LogP contribution in [0.2, 0.25) is 0 Å². The predicted molar refractivity (Wildman–Crippen MR) is 99.6 cm³/mol. The van der Waals surface area contributed by atoms with Gasteiger partial charge in [-0.3, -0.25) is 4.79 Å². The molecule has 140 valence electrons. The van der Waals surface area contributed by atoms with E-state index in [0.717, 1.165) is 41.5 Å². The van der Waals surface area contributed by atoms with Crippen LogP contribution in [0.1, 0.15) is 38.5 Å². The molecule has 0 aliphatic heterocycles. The van der Waals surface area contributed by atoms with Gasteiger partial charge in [0.1, 0.15) is 5.75 Å². The van der Waals surface area contributed by atoms with Gasteiger partial charge in [-0.25, -0.2) is 4.79 Å². The van der Waals surface area contributed by atoms with Gasteiger partial charge >= 0.3 is 5.97 Å². The van der Waals surface area contributed by atoms with Crippen LogP contribution in [0.5, 0.6) is 5.75 Å². The summed E-state index contributed by atoms with van der Waals surface area (Å²) in [6, 6.07) is 7.23. The molecule has 5 nitrogen and oxygen atoms in total. The minimum atomic E-state index is -0.536. The van der Waals surface area contributed by atoms with Crippen molar-refractivity contribution in [1.82, 2.24) is 5.32 Å². The molecule has 4 fully saturated rings. The lowest BCUT2D eigenvalue weighted by atomic mass is 9.53. The summed E-state index contributed by atoms with van der Waals surface area (Å²) in [7, 11) is 0. The van der Waals surface area contributed by atoms with Gasteiger partial charge in [-0.15, -0.1) is 0 Å². The molecular weight excluding hydrogens is 398 g/mol. The number of hydrogen-bond donors (Lipinski definition) is 1. The standard InChI is InChI=1S/C20H24BrNO4/c21-16-2-1-3-17(7-16)25-12-19(24)26-11-18(23)22-20-8-13-4-14(9-20)6-15(5-13)10-20/h1-3,7,13-15H,4-6,8-12H2,(H,22,23). The average Bonchev–Trinajstić information content (AvgIpc) is 2.56. The Morgan fingerprint density at radius 3 is 2.35 bits per heavy atom. The predicted octanol–water partition coefficient (Wildman–Crippen LogP) is 3.46. The molecule has 26 heavy (non-hydrogen) atoms. The number of rotatable bonds is 6. The van der Waals surface area contributed by atoms with E-state index >= 15 is 0 Å². The molecule has 0 radical (unpaired) electrons. The number of ether oxygens (including phenoxy) is 2. The summed E-state index contributed by atoms with van der Waals surface area (Å²) in [5.74, 6) is 2.15. The average molecular weight is 422 g/mol. The molecule has 0 spiro atoms. The monoisotopic (exact) mass is 421 g/mol. The van der Waals surface area contributed by atoms with Gasteiger partial charge in [0.05, 0.1) is 0 Å². The molecule has 1 aromatic carbocycles. The molecule has 1 N–H and O–H groups in total. The van der Waals surface area contributed by atoms with E-state index in [2.05, 4.69) is 21.2 Å². The van der Waals surface area contributed by atoms with Gasteiger partial charge < -0.3 is 14.8 Å². The number of carbonyl (C=O) groups is 2. The van der Waals surface area contributed by atoms with Gasteiger partial charge in [-0.2, -0.15) is 0 Å². The molecule has 0 atom stereocenters. The first-order valence-corrected chi connectivity index (χ1v) is 10.1. The summed E-state index contributed by atoms with van der Waals surface area (Å²) in [5, 5.41) is 3.20. The third kappa shape index (κ3) is 4.05. The summed E-state index contributed by atoms with van der Waals surface area (Å²) in [6.07, 6.45) is 7.26. The summed E-state index contributed by atoms with van der Waals surface area (Å²) in [5.41, 5.74) is -0.0505. The fourth-order valence-electron chi connectivity index (χ4n) is 5.48. The van der Waals surface area contributed by atoms with Crippen LogP contribution in [0.3, 0.4) is 0 Å². The van der Waals surface area contributed by atoms with E-state index in [4.69, 9.17) is 9.47 Å². The molecule has 1 aromatic rings. The van der Waals surface area contributed by atoms with Gasteiger partial charge in [-0.05, 0) is 74.5 Å². The second-order valence-corrected chi connectivity index (χ2v) is 9.07. The highest BCUT2D eigenvalue weighted by atomic mass is 79.9. The Morgan fingerprint density at radius 1 is 1.08 bits per heavy atom. The molecule has 5 rings (SSSR count). The lowest BCUT2D eigenvalue weighted by Gasteiger charge is -2.56. The first kappa shape index (κ1) is 17.8. The SMILES string of the molecule is O=C(COC(=O)COc1cccc(Br)c1)NC12CC3CC(CC(C3)C1)C2. The van der Waals surface area contributed by atoms with E-state index in [1.807, 2.05) is 12.1 Å². The summed E-state index contributed by atoms with van der Waals surface area (Å²) >= 11 is 3.34. The first-order chi connectivity index (χ1) is 12.5. The largest absolute Gasteiger partial charge is 0.482 e. The zero-order chi connectivity index (χ0) is 18.1. The van der Waals surface area contributed by atoms with Crippen molar-refractivity contribution >= 4 is 27.8 Å². The number of esters is 1. The number of amides is 1. The quantitative estimate of drug-likeness (QED) is 0.714. The van der Waals surface area contributed by atoms with Crippen molar-refractivity contribution in [2.24, 2.45) is 17.8 Å². The summed E-state index contributed by atoms with van der Waals surface area (Å²) < 4.78 is 11.3. The van der Waals surface area contributed by atoms with Crippen molar-refractivity contribution in [2.75, 3.05) is 13.2 Å². The molecule has 1 amide bonds. The minimum Gasteiger partial charge on any atom is -0.482 e. The molecule has 4 aliphatic rings. The topological polar surface area (TPSA) is 64.6 Å². The van der Waals surface area contributed by atoms with E-state index in [-0.39, 0.29) is 24.7 Å². The molecule has 0 unspecified atom stereocenters. The van der Waals surface area contributed by atoms with Crippen LogP contribution in [-0.2, 0) is 14.3 Å². The van der Waals surface area contributed by atoms with Crippen LogP contribution in [-0.4, -0.2) is 30.6 Å². The number of hydrogen-bond acceptors (Lipinski definition) is 4. The molecule has 0 saturated heterocycles. The molecule has 0 heterocycles. The lowest BCUT2D eigenvalue weighted by Crippen LogP contribution is -2.60. The highest BCUT2D eigenvalue weighted by molar-refractivity contribution is 9.10. The number of benzene rings is 1. The van der Waals surface area contributed by atoms with Crippen LogP contribution >= 0.6 is 15.9 Å². The fourth-order valence-corrected chi connectivity index (χ4v) is 5.86. The van der Waals surface area contributed by atoms with E-state index in [9.17, 15) is 9.59 Å². The zero-order valence-electron chi connectivity index (χ0n) is 14.7. The molecule has 4 bridgehead atoms. The number of carbonyl (C=O) groups excluding carboxylic acids is 2. The molecule has 4 aliphatic carbocycles. The van der Waals surface area contributed by atoms with Crippen LogP contribution in [0.25, 0.3) is 0 Å². The maximum Gasteiger partial charge on any atom is 0.344 e. The van der Waals surface area contributed by atoms with E-state index in [0.29, 0.717) is 5.75 Å². The van der Waals surface area contributed by atoms with Crippen LogP contribution in [0.4, 0.5) is 0 Å². The summed E-state index contributed by atoms with van der Waals surface area (Å²) in [4.78, 5) is 24.1. The third-order valence-electron chi connectivity index (χ3n) is 5.96. The van der Waals surface area contributed by atoms with Crippen LogP contribution in [0, 0.1) is 17.8 Å². The van der Waals surface area contributed by atoms with Gasteiger partial charge in [0, 0.05) is 10.0 Å². The van der Waals surface area contributed by atoms with Crippen molar-refractivity contribution in [3.05, 3.63) is 28.7 Å². The number of nitrogens with one attached hydrogen (secondary N) is 1. The van der Waals surface area contributed by atoms with Crippen molar-refractivity contribution in [1.29, 1.82) is 0 Å². The van der Waals surface area contributed by atoms with Crippen LogP contribution in [0.15, 0.2) is 28.7 Å². The van der Waals surface area contributed by atoms with Crippen molar-refractivity contribution in [3.8, 4) is 5.75 Å². The fraction of sp³-hybridized carbons (Fsp3) is 0.600. The maximum atomic E-state index is 12.3. The first-order valence-electron chi connectivity index (χ1n) is 9.35. The highest BCUT2D eigenvalue weighted by Gasteiger charge is 2.51. The molecule has 4 saturated carbocycles. The Labute approximate surface area is 161 Å². The third-order valence-corrected chi connectivity index (χ3v) is 6.45. The van der Waals surface area contributed by atoms with Crippen molar-refractivity contribution in [3.63, 3.8) is 0 Å². The Bertz CT molecular complexity index is 670. The van der Waals surface area contributed by atoms with Gasteiger partial charge in [-0.1, -0.05) is 22.0 Å². The lowest BCUT2D eigenvalue weighted by molar-refractivity contribution is -0.151. The van der Waals surface area contributed by atoms with Crippen LogP contribution < -0.4 is 10.1 Å². The maximum absolute atomic E-state index is 12.3. The zero-order valence-corrected chi connectivity index (χ0v) is 16.3. The van der Waals surface area contributed by atoms with Crippen molar-refractivity contribution in [2.45, 2.75) is 44.1 Å². The minimum absolute atomic E-state index is 0.0505. The van der Waals surface area contributed by atoms with E-state index in [1.54, 1.807) is 12.1 Å². The molecule has 0 aromatic heterocycles. The van der Waals surface area contributed by atoms with Crippen molar-refractivity contribution < 1.29 is 19.1 Å². The number of halogens is 1. The second kappa shape index (κ2) is 7.22. The highest BCUT2D eigenvalue weighted by Crippen LogP contribution is 2.55. The van der Waals surface area contributed by atoms with Gasteiger partial charge in [0.25, 0.3) is 5.91 Å². The molecular formula is C20H24BrNO4. The Hall–Kier alpha value is -1.56. The van der Waals surface area contributed by atoms with E-state index in [1.165, 1.54) is 19.3 Å². The van der Waals surface area contributed by atoms with Gasteiger partial charge in [0.2, 0.25) is 0 Å². The van der Waals surface area contributed by atoms with E-state index < -0.39 is 5.97 Å². The second-order valence-electron chi connectivity index (χ2n) is 8.15. The Kier molecular flexibility index (Phi) is 4.95. The summed E-state index contributed by atoms with van der Waals surface area (Å²) in [6.45, 7) is -0.441. The normalized spacial score (nSPS) is 31.5. The van der Waals surface area contributed by atoms with Gasteiger partial charge in [0.15, 0.2) is 13.2 Å². The Morgan fingerprint density at radius 2 is 1.73 bits per heavy atom. The smallest absolute Gasteiger partial charge is 0.344 e. The Balaban J connectivity index is 1.22. The molecule has 6 heteroatoms.